The van der Waals surface area contributed by atoms with Crippen molar-refractivity contribution in [3.05, 3.63) is 0 Å². The average molecular weight is 316 g/mol. The molecule has 7 heteroatoms. The van der Waals surface area contributed by atoms with Crippen molar-refractivity contribution in [2.75, 3.05) is 27.9 Å². The van der Waals surface area contributed by atoms with Gasteiger partial charge in [0.2, 0.25) is 0 Å². The van der Waals surface area contributed by atoms with Gasteiger partial charge in [-0.1, -0.05) is 6.92 Å². The van der Waals surface area contributed by atoms with Crippen LogP contribution in [0.2, 0.25) is 0 Å². The number of carbonyl (C=O) groups is 2. The molecule has 2 aliphatic rings. The minimum atomic E-state index is -1.18. The van der Waals surface area contributed by atoms with E-state index in [1.54, 1.807) is 6.92 Å². The van der Waals surface area contributed by atoms with Crippen LogP contribution >= 0.6 is 0 Å². The highest BCUT2D eigenvalue weighted by Gasteiger charge is 2.73. The predicted octanol–water partition coefficient (Wildman–Crippen LogP) is 0.345. The van der Waals surface area contributed by atoms with Crippen LogP contribution in [0.3, 0.4) is 0 Å². The summed E-state index contributed by atoms with van der Waals surface area (Å²) < 4.78 is 20.7. The summed E-state index contributed by atoms with van der Waals surface area (Å²) in [5, 5.41) is 10.8. The van der Waals surface area contributed by atoms with Crippen molar-refractivity contribution in [1.82, 2.24) is 0 Å². The maximum absolute atomic E-state index is 12.4. The van der Waals surface area contributed by atoms with Crippen molar-refractivity contribution in [2.45, 2.75) is 32.7 Å². The van der Waals surface area contributed by atoms with Crippen molar-refractivity contribution in [3.8, 4) is 0 Å². The molecule has 0 aromatic rings. The molecule has 0 radical (unpaired) electrons. The summed E-state index contributed by atoms with van der Waals surface area (Å²) in [6.45, 7) is 3.78. The van der Waals surface area contributed by atoms with Gasteiger partial charge in [0.25, 0.3) is 0 Å². The smallest absolute Gasteiger partial charge is 0.314 e. The zero-order chi connectivity index (χ0) is 16.7. The minimum Gasteiger partial charge on any atom is -0.469 e. The SMILES string of the molecule is COC(=O)CC1C(O)[C@](C)(C(=O)OC)[C@]2(C)COC(OC)C12. The number of hydrogen-bond donors (Lipinski definition) is 1. The summed E-state index contributed by atoms with van der Waals surface area (Å²) in [5.74, 6) is -1.77. The Kier molecular flexibility index (Phi) is 4.52. The van der Waals surface area contributed by atoms with E-state index in [1.807, 2.05) is 6.92 Å². The second kappa shape index (κ2) is 5.79. The third-order valence-corrected chi connectivity index (χ3v) is 5.69. The Morgan fingerprint density at radius 3 is 2.36 bits per heavy atom. The molecule has 0 amide bonds. The molecule has 1 aliphatic heterocycles. The van der Waals surface area contributed by atoms with Crippen LogP contribution in [0, 0.1) is 22.7 Å². The number of methoxy groups -OCH3 is 3. The van der Waals surface area contributed by atoms with Gasteiger partial charge < -0.3 is 24.1 Å². The number of aliphatic hydroxyl groups excluding tert-OH is 1. The van der Waals surface area contributed by atoms with E-state index in [-0.39, 0.29) is 18.9 Å². The number of rotatable bonds is 4. The largest absolute Gasteiger partial charge is 0.469 e. The van der Waals surface area contributed by atoms with E-state index in [4.69, 9.17) is 18.9 Å². The number of ether oxygens (including phenoxy) is 4. The van der Waals surface area contributed by atoms with Crippen LogP contribution in [0.5, 0.6) is 0 Å². The lowest BCUT2D eigenvalue weighted by molar-refractivity contribution is -0.170. The molecule has 1 aliphatic carbocycles. The van der Waals surface area contributed by atoms with Gasteiger partial charge in [-0.3, -0.25) is 9.59 Å². The first-order chi connectivity index (χ1) is 10.3. The number of carbonyl (C=O) groups excluding carboxylic acids is 2. The van der Waals surface area contributed by atoms with Crippen LogP contribution in [0.15, 0.2) is 0 Å². The lowest BCUT2D eigenvalue weighted by Gasteiger charge is -2.38. The molecule has 4 unspecified atom stereocenters. The summed E-state index contributed by atoms with van der Waals surface area (Å²) in [5.41, 5.74) is -1.88. The Balaban J connectivity index is 2.47. The number of hydrogen-bond acceptors (Lipinski definition) is 7. The molecule has 126 valence electrons. The highest BCUT2D eigenvalue weighted by Crippen LogP contribution is 2.64. The Morgan fingerprint density at radius 1 is 1.23 bits per heavy atom. The third-order valence-electron chi connectivity index (χ3n) is 5.69. The van der Waals surface area contributed by atoms with E-state index in [2.05, 4.69) is 0 Å². The molecule has 0 aromatic carbocycles. The van der Waals surface area contributed by atoms with Crippen LogP contribution in [0.25, 0.3) is 0 Å². The van der Waals surface area contributed by atoms with E-state index in [0.29, 0.717) is 0 Å². The van der Waals surface area contributed by atoms with E-state index in [0.717, 1.165) is 0 Å². The Hall–Kier alpha value is -1.18. The Labute approximate surface area is 129 Å². The number of esters is 2. The molecule has 7 nitrogen and oxygen atoms in total. The first kappa shape index (κ1) is 17.2. The number of fused-ring (bicyclic) bond motifs is 1. The number of aliphatic hydroxyl groups is 1. The molecule has 2 rings (SSSR count). The molecule has 1 heterocycles. The zero-order valence-electron chi connectivity index (χ0n) is 13.6. The Morgan fingerprint density at radius 2 is 1.86 bits per heavy atom. The fourth-order valence-electron chi connectivity index (χ4n) is 4.18. The Bertz CT molecular complexity index is 465. The van der Waals surface area contributed by atoms with Gasteiger partial charge >= 0.3 is 11.9 Å². The van der Waals surface area contributed by atoms with Crippen LogP contribution in [-0.4, -0.2) is 57.4 Å². The first-order valence-corrected chi connectivity index (χ1v) is 7.25. The average Bonchev–Trinajstić information content (AvgIpc) is 2.94. The molecule has 1 saturated carbocycles. The molecule has 22 heavy (non-hydrogen) atoms. The van der Waals surface area contributed by atoms with Crippen molar-refractivity contribution in [3.63, 3.8) is 0 Å². The van der Waals surface area contributed by atoms with Gasteiger partial charge in [-0.25, -0.2) is 0 Å². The fourth-order valence-corrected chi connectivity index (χ4v) is 4.18. The van der Waals surface area contributed by atoms with E-state index >= 15 is 0 Å². The molecule has 0 bridgehead atoms. The molecule has 1 saturated heterocycles. The van der Waals surface area contributed by atoms with Crippen LogP contribution < -0.4 is 0 Å². The summed E-state index contributed by atoms with van der Waals surface area (Å²) >= 11 is 0. The maximum atomic E-state index is 12.4. The van der Waals surface area contributed by atoms with Crippen LogP contribution in [0.4, 0.5) is 0 Å². The zero-order valence-corrected chi connectivity index (χ0v) is 13.6. The van der Waals surface area contributed by atoms with Gasteiger partial charge in [-0.05, 0) is 6.92 Å². The molecule has 1 N–H and O–H groups in total. The maximum Gasteiger partial charge on any atom is 0.314 e. The molecular weight excluding hydrogens is 292 g/mol. The van der Waals surface area contributed by atoms with E-state index in [1.165, 1.54) is 21.3 Å². The summed E-state index contributed by atoms with van der Waals surface area (Å²) in [4.78, 5) is 24.1. The van der Waals surface area contributed by atoms with Crippen molar-refractivity contribution >= 4 is 11.9 Å². The van der Waals surface area contributed by atoms with Crippen molar-refractivity contribution in [1.29, 1.82) is 0 Å². The van der Waals surface area contributed by atoms with E-state index in [9.17, 15) is 14.7 Å². The monoisotopic (exact) mass is 316 g/mol. The molecule has 2 fully saturated rings. The summed E-state index contributed by atoms with van der Waals surface area (Å²) in [6.07, 6.45) is -1.63. The highest BCUT2D eigenvalue weighted by molar-refractivity contribution is 5.80. The van der Waals surface area contributed by atoms with Gasteiger partial charge in [0.05, 0.1) is 38.8 Å². The predicted molar refractivity (Wildman–Crippen MR) is 74.6 cm³/mol. The summed E-state index contributed by atoms with van der Waals surface area (Å²) in [7, 11) is 4.09. The third kappa shape index (κ3) is 2.06. The highest BCUT2D eigenvalue weighted by atomic mass is 16.7. The van der Waals surface area contributed by atoms with Crippen LogP contribution in [0.1, 0.15) is 20.3 Å². The minimum absolute atomic E-state index is 0.00622. The molecular formula is C15H24O7. The fraction of sp³-hybridized carbons (Fsp3) is 0.867. The quantitative estimate of drug-likeness (QED) is 0.748. The molecule has 0 aromatic heterocycles. The van der Waals surface area contributed by atoms with Crippen molar-refractivity contribution in [2.24, 2.45) is 22.7 Å². The van der Waals surface area contributed by atoms with Gasteiger partial charge in [0.1, 0.15) is 0 Å². The van der Waals surface area contributed by atoms with Crippen molar-refractivity contribution < 1.29 is 33.6 Å². The lowest BCUT2D eigenvalue weighted by Crippen LogP contribution is -2.49. The normalized spacial score (nSPS) is 43.7. The van der Waals surface area contributed by atoms with Gasteiger partial charge in [0.15, 0.2) is 6.29 Å². The van der Waals surface area contributed by atoms with Gasteiger partial charge in [-0.15, -0.1) is 0 Å². The molecule has 0 spiro atoms. The van der Waals surface area contributed by atoms with Crippen LogP contribution in [-0.2, 0) is 28.5 Å². The van der Waals surface area contributed by atoms with Gasteiger partial charge in [-0.2, -0.15) is 0 Å². The lowest BCUT2D eigenvalue weighted by atomic mass is 9.65. The van der Waals surface area contributed by atoms with E-state index < -0.39 is 41.1 Å². The summed E-state index contributed by atoms with van der Waals surface area (Å²) in [6, 6.07) is 0. The van der Waals surface area contributed by atoms with Gasteiger partial charge in [0, 0.05) is 24.4 Å². The second-order valence-electron chi connectivity index (χ2n) is 6.44. The second-order valence-corrected chi connectivity index (χ2v) is 6.44. The first-order valence-electron chi connectivity index (χ1n) is 7.25. The molecule has 6 atom stereocenters. The standard InChI is InChI=1S/C15H24O7/c1-14-7-22-12(20-4)10(14)8(6-9(16)19-3)11(17)15(14,2)13(18)21-5/h8,10-12,17H,6-7H2,1-5H3/t8?,10?,11?,12?,14-,15-/m1/s1. The topological polar surface area (TPSA) is 91.3 Å².